The van der Waals surface area contributed by atoms with Crippen molar-refractivity contribution in [3.8, 4) is 0 Å². The molecule has 0 radical (unpaired) electrons. The molecule has 1 N–H and O–H groups in total. The van der Waals surface area contributed by atoms with Crippen molar-refractivity contribution in [2.24, 2.45) is 5.41 Å². The van der Waals surface area contributed by atoms with Gasteiger partial charge in [0.1, 0.15) is 0 Å². The van der Waals surface area contributed by atoms with Crippen molar-refractivity contribution in [2.45, 2.75) is 34.2 Å². The number of hydrogen-bond donors (Lipinski definition) is 1. The van der Waals surface area contributed by atoms with Gasteiger partial charge in [0.25, 0.3) is 5.69 Å². The van der Waals surface area contributed by atoms with Gasteiger partial charge in [-0.2, -0.15) is 0 Å². The minimum absolute atomic E-state index is 0.0916. The van der Waals surface area contributed by atoms with E-state index < -0.39 is 22.9 Å². The van der Waals surface area contributed by atoms with Gasteiger partial charge in [-0.25, -0.2) is 4.79 Å². The first-order valence-electron chi connectivity index (χ1n) is 8.81. The Hall–Kier alpha value is -3.07. The summed E-state index contributed by atoms with van der Waals surface area (Å²) in [6.07, 6.45) is 0. The molecule has 0 aliphatic carbocycles. The van der Waals surface area contributed by atoms with E-state index in [0.29, 0.717) is 17.0 Å². The van der Waals surface area contributed by atoms with Gasteiger partial charge >= 0.3 is 5.97 Å². The lowest BCUT2D eigenvalue weighted by molar-refractivity contribution is -0.385. The number of esters is 1. The molecule has 29 heavy (non-hydrogen) atoms. The van der Waals surface area contributed by atoms with Crippen molar-refractivity contribution in [3.63, 3.8) is 0 Å². The zero-order valence-electron chi connectivity index (χ0n) is 16.6. The number of aryl methyl sites for hydroxylation is 1. The monoisotopic (exact) mass is 418 g/mol. The summed E-state index contributed by atoms with van der Waals surface area (Å²) < 4.78 is 5.03. The molecule has 1 aromatic heterocycles. The molecule has 2 aromatic rings. The summed E-state index contributed by atoms with van der Waals surface area (Å²) in [7, 11) is 0. The first kappa shape index (κ1) is 22.2. The average Bonchev–Trinajstić information content (AvgIpc) is 3.11. The maximum atomic E-state index is 12.3. The van der Waals surface area contributed by atoms with Crippen LogP contribution in [0.25, 0.3) is 0 Å². The number of ether oxygens (including phenoxy) is 1. The number of hydrogen-bond acceptors (Lipinski definition) is 7. The van der Waals surface area contributed by atoms with Gasteiger partial charge in [0.2, 0.25) is 11.7 Å². The minimum Gasteiger partial charge on any atom is -0.454 e. The van der Waals surface area contributed by atoms with Crippen molar-refractivity contribution in [1.82, 2.24) is 5.32 Å². The van der Waals surface area contributed by atoms with Gasteiger partial charge in [-0.3, -0.25) is 19.7 Å². The van der Waals surface area contributed by atoms with E-state index in [1.165, 1.54) is 36.5 Å². The van der Waals surface area contributed by atoms with Crippen LogP contribution in [0.1, 0.15) is 51.2 Å². The molecule has 1 aromatic carbocycles. The Labute approximate surface area is 172 Å². The predicted molar refractivity (Wildman–Crippen MR) is 108 cm³/mol. The van der Waals surface area contributed by atoms with E-state index in [-0.39, 0.29) is 22.9 Å². The second-order valence-corrected chi connectivity index (χ2v) is 8.62. The predicted octanol–water partition coefficient (Wildman–Crippen LogP) is 3.67. The van der Waals surface area contributed by atoms with Gasteiger partial charge < -0.3 is 10.1 Å². The van der Waals surface area contributed by atoms with Crippen LogP contribution in [0.2, 0.25) is 0 Å². The Balaban J connectivity index is 1.92. The number of carbonyl (C=O) groups is 3. The SMILES string of the molecule is Cc1cc(C(=O)OCC(=O)c2ccc(CNC(=O)C(C)(C)C)s2)ccc1[N+](=O)[O-]. The van der Waals surface area contributed by atoms with Gasteiger partial charge in [0.05, 0.1) is 21.9 Å². The second kappa shape index (κ2) is 8.95. The summed E-state index contributed by atoms with van der Waals surface area (Å²) >= 11 is 1.22. The minimum atomic E-state index is -0.731. The fourth-order valence-electron chi connectivity index (χ4n) is 2.33. The third-order valence-corrected chi connectivity index (χ3v) is 5.13. The number of nitrogens with zero attached hydrogens (tertiary/aromatic N) is 1. The molecule has 0 unspecified atom stereocenters. The quantitative estimate of drug-likeness (QED) is 0.317. The molecule has 8 nitrogen and oxygen atoms in total. The van der Waals surface area contributed by atoms with Gasteiger partial charge in [-0.05, 0) is 31.2 Å². The van der Waals surface area contributed by atoms with Gasteiger partial charge in [0.15, 0.2) is 6.61 Å². The Kier molecular flexibility index (Phi) is 6.86. The van der Waals surface area contributed by atoms with Crippen LogP contribution in [-0.2, 0) is 16.1 Å². The molecule has 2 rings (SSSR count). The molecule has 0 saturated heterocycles. The fourth-order valence-corrected chi connectivity index (χ4v) is 3.20. The van der Waals surface area contributed by atoms with E-state index in [0.717, 1.165) is 4.88 Å². The topological polar surface area (TPSA) is 116 Å². The summed E-state index contributed by atoms with van der Waals surface area (Å²) in [5.41, 5.74) is -0.128. The van der Waals surface area contributed by atoms with Crippen LogP contribution in [0, 0.1) is 22.5 Å². The first-order chi connectivity index (χ1) is 13.5. The van der Waals surface area contributed by atoms with E-state index in [9.17, 15) is 24.5 Å². The lowest BCUT2D eigenvalue weighted by Crippen LogP contribution is -2.34. The maximum absolute atomic E-state index is 12.3. The van der Waals surface area contributed by atoms with Gasteiger partial charge in [-0.1, -0.05) is 20.8 Å². The highest BCUT2D eigenvalue weighted by Crippen LogP contribution is 2.21. The van der Waals surface area contributed by atoms with Gasteiger partial charge in [-0.15, -0.1) is 11.3 Å². The molecular weight excluding hydrogens is 396 g/mol. The zero-order valence-corrected chi connectivity index (χ0v) is 17.4. The number of nitro benzene ring substituents is 1. The maximum Gasteiger partial charge on any atom is 0.338 e. The van der Waals surface area contributed by atoms with Crippen LogP contribution in [0.3, 0.4) is 0 Å². The molecule has 0 saturated carbocycles. The van der Waals surface area contributed by atoms with Gasteiger partial charge in [0, 0.05) is 21.9 Å². The van der Waals surface area contributed by atoms with Crippen LogP contribution in [-0.4, -0.2) is 29.2 Å². The number of amides is 1. The highest BCUT2D eigenvalue weighted by Gasteiger charge is 2.21. The number of nitrogens with one attached hydrogen (secondary N) is 1. The van der Waals surface area contributed by atoms with Crippen LogP contribution in [0.5, 0.6) is 0 Å². The molecule has 0 fully saturated rings. The molecule has 9 heteroatoms. The number of rotatable bonds is 7. The molecule has 0 bridgehead atoms. The van der Waals surface area contributed by atoms with Crippen molar-refractivity contribution >= 4 is 34.7 Å². The normalized spacial score (nSPS) is 11.0. The molecule has 0 aliphatic heterocycles. The third-order valence-electron chi connectivity index (χ3n) is 4.00. The molecule has 154 valence electrons. The average molecular weight is 418 g/mol. The van der Waals surface area contributed by atoms with E-state index >= 15 is 0 Å². The molecule has 0 atom stereocenters. The third kappa shape index (κ3) is 5.95. The largest absolute Gasteiger partial charge is 0.454 e. The Morgan fingerprint density at radius 3 is 2.45 bits per heavy atom. The molecule has 1 heterocycles. The van der Waals surface area contributed by atoms with Crippen LogP contribution in [0.15, 0.2) is 30.3 Å². The summed E-state index contributed by atoms with van der Waals surface area (Å²) in [5.74, 6) is -1.19. The molecular formula is C20H22N2O6S. The summed E-state index contributed by atoms with van der Waals surface area (Å²) in [6.45, 7) is 6.83. The highest BCUT2D eigenvalue weighted by atomic mass is 32.1. The lowest BCUT2D eigenvalue weighted by atomic mass is 9.96. The van der Waals surface area contributed by atoms with Crippen LogP contribution in [0.4, 0.5) is 5.69 Å². The van der Waals surface area contributed by atoms with Crippen LogP contribution >= 0.6 is 11.3 Å². The molecule has 0 aliphatic rings. The number of ketones is 1. The smallest absolute Gasteiger partial charge is 0.338 e. The Morgan fingerprint density at radius 2 is 1.86 bits per heavy atom. The summed E-state index contributed by atoms with van der Waals surface area (Å²) in [6, 6.07) is 7.23. The summed E-state index contributed by atoms with van der Waals surface area (Å²) in [5, 5.41) is 13.6. The molecule has 1 amide bonds. The highest BCUT2D eigenvalue weighted by molar-refractivity contribution is 7.14. The van der Waals surface area contributed by atoms with E-state index in [2.05, 4.69) is 5.32 Å². The lowest BCUT2D eigenvalue weighted by Gasteiger charge is -2.17. The molecule has 0 spiro atoms. The van der Waals surface area contributed by atoms with Crippen molar-refractivity contribution in [2.75, 3.05) is 6.61 Å². The van der Waals surface area contributed by atoms with E-state index in [4.69, 9.17) is 4.74 Å². The van der Waals surface area contributed by atoms with Crippen molar-refractivity contribution in [1.29, 1.82) is 0 Å². The Bertz CT molecular complexity index is 958. The zero-order chi connectivity index (χ0) is 21.8. The first-order valence-corrected chi connectivity index (χ1v) is 9.63. The number of thiophene rings is 1. The summed E-state index contributed by atoms with van der Waals surface area (Å²) in [4.78, 5) is 47.8. The van der Waals surface area contributed by atoms with E-state index in [1.54, 1.807) is 12.1 Å². The fraction of sp³-hybridized carbons (Fsp3) is 0.350. The number of carbonyl (C=O) groups excluding carboxylic acids is 3. The second-order valence-electron chi connectivity index (χ2n) is 7.46. The number of Topliss-reactive ketones (excluding diaryl/α,β-unsaturated/α-hetero) is 1. The van der Waals surface area contributed by atoms with Crippen molar-refractivity contribution < 1.29 is 24.0 Å². The van der Waals surface area contributed by atoms with E-state index in [1.807, 2.05) is 20.8 Å². The number of benzene rings is 1. The number of nitro groups is 1. The van der Waals surface area contributed by atoms with Crippen molar-refractivity contribution in [3.05, 3.63) is 61.3 Å². The standard InChI is InChI=1S/C20H22N2O6S/c1-12-9-13(5-7-15(12)22(26)27)18(24)28-11-16(23)17-8-6-14(29-17)10-21-19(25)20(2,3)4/h5-9H,10-11H2,1-4H3,(H,21,25). The Morgan fingerprint density at radius 1 is 1.17 bits per heavy atom. The van der Waals surface area contributed by atoms with Crippen LogP contribution < -0.4 is 5.32 Å².